The van der Waals surface area contributed by atoms with Gasteiger partial charge in [0, 0.05) is 11.1 Å². The molecule has 0 aliphatic heterocycles. The van der Waals surface area contributed by atoms with Crippen molar-refractivity contribution in [3.63, 3.8) is 0 Å². The molecule has 4 nitrogen and oxygen atoms in total. The van der Waals surface area contributed by atoms with E-state index < -0.39 is 0 Å². The van der Waals surface area contributed by atoms with E-state index >= 15 is 0 Å². The van der Waals surface area contributed by atoms with Crippen molar-refractivity contribution in [2.24, 2.45) is 0 Å². The second-order valence-electron chi connectivity index (χ2n) is 4.47. The molecule has 0 aromatic heterocycles. The van der Waals surface area contributed by atoms with Gasteiger partial charge in [0.15, 0.2) is 0 Å². The van der Waals surface area contributed by atoms with Gasteiger partial charge in [-0.3, -0.25) is 0 Å². The zero-order valence-electron chi connectivity index (χ0n) is 12.2. The number of carbonyl (C=O) groups is 2. The molecule has 0 unspecified atom stereocenters. The van der Waals surface area contributed by atoms with Crippen molar-refractivity contribution in [1.29, 1.82) is 0 Å². The van der Waals surface area contributed by atoms with Crippen LogP contribution in [0.15, 0.2) is 24.3 Å². The number of ether oxygens (including phenoxy) is 2. The van der Waals surface area contributed by atoms with Gasteiger partial charge in [0.25, 0.3) is 0 Å². The van der Waals surface area contributed by atoms with Crippen LogP contribution < -0.4 is 0 Å². The summed E-state index contributed by atoms with van der Waals surface area (Å²) < 4.78 is 9.55. The third-order valence-corrected chi connectivity index (χ3v) is 1.38. The van der Waals surface area contributed by atoms with E-state index in [0.717, 1.165) is 0 Å². The Bertz CT molecular complexity index is 282. The lowest BCUT2D eigenvalue weighted by Gasteiger charge is -2.05. The Kier molecular flexibility index (Phi) is 9.86. The Balaban J connectivity index is 0. The Morgan fingerprint density at radius 3 is 1.06 bits per heavy atom. The van der Waals surface area contributed by atoms with E-state index in [4.69, 9.17) is 9.47 Å². The Labute approximate surface area is 110 Å². The van der Waals surface area contributed by atoms with E-state index in [1.807, 2.05) is 0 Å². The molecule has 4 heteroatoms. The lowest BCUT2D eigenvalue weighted by atomic mass is 10.3. The van der Waals surface area contributed by atoms with Gasteiger partial charge in [-0.25, -0.2) is 9.59 Å². The third-order valence-electron chi connectivity index (χ3n) is 1.38. The summed E-state index contributed by atoms with van der Waals surface area (Å²) >= 11 is 0. The molecular formula is C14H24O4. The van der Waals surface area contributed by atoms with Gasteiger partial charge in [0.2, 0.25) is 0 Å². The summed E-state index contributed by atoms with van der Waals surface area (Å²) in [6.45, 7) is 17.4. The van der Waals surface area contributed by atoms with E-state index in [2.05, 4.69) is 13.2 Å². The first-order valence-electron chi connectivity index (χ1n) is 5.80. The molecule has 0 aliphatic carbocycles. The van der Waals surface area contributed by atoms with Gasteiger partial charge in [-0.05, 0) is 41.5 Å². The number of hydrogen-bond acceptors (Lipinski definition) is 4. The average Bonchev–Trinajstić information content (AvgIpc) is 2.16. The topological polar surface area (TPSA) is 52.6 Å². The third kappa shape index (κ3) is 12.5. The fourth-order valence-corrected chi connectivity index (χ4v) is 0.629. The highest BCUT2D eigenvalue weighted by atomic mass is 16.5. The number of esters is 2. The van der Waals surface area contributed by atoms with Crippen molar-refractivity contribution in [2.45, 2.75) is 53.8 Å². The van der Waals surface area contributed by atoms with Gasteiger partial charge in [0.05, 0.1) is 12.2 Å². The molecule has 0 heterocycles. The molecule has 0 aromatic carbocycles. The van der Waals surface area contributed by atoms with Gasteiger partial charge in [-0.15, -0.1) is 0 Å². The minimum Gasteiger partial charge on any atom is -0.460 e. The molecule has 0 N–H and O–H groups in total. The van der Waals surface area contributed by atoms with E-state index in [1.165, 1.54) is 0 Å². The smallest absolute Gasteiger partial charge is 0.333 e. The molecule has 0 atom stereocenters. The zero-order chi connectivity index (χ0) is 14.9. The number of carbonyl (C=O) groups excluding carboxylic acids is 2. The molecule has 0 amide bonds. The molecular weight excluding hydrogens is 232 g/mol. The number of hydrogen-bond donors (Lipinski definition) is 0. The van der Waals surface area contributed by atoms with Crippen LogP contribution in [0.5, 0.6) is 0 Å². The summed E-state index contributed by atoms with van der Waals surface area (Å²) in [7, 11) is 0. The van der Waals surface area contributed by atoms with E-state index in [9.17, 15) is 9.59 Å². The monoisotopic (exact) mass is 256 g/mol. The molecule has 0 rings (SSSR count). The van der Waals surface area contributed by atoms with Crippen molar-refractivity contribution in [3.05, 3.63) is 24.3 Å². The molecule has 0 bridgehead atoms. The zero-order valence-corrected chi connectivity index (χ0v) is 12.2. The van der Waals surface area contributed by atoms with E-state index in [0.29, 0.717) is 11.1 Å². The lowest BCUT2D eigenvalue weighted by Crippen LogP contribution is -2.11. The van der Waals surface area contributed by atoms with Gasteiger partial charge in [0.1, 0.15) is 0 Å². The maximum Gasteiger partial charge on any atom is 0.333 e. The maximum atomic E-state index is 10.6. The molecule has 0 aromatic rings. The van der Waals surface area contributed by atoms with Crippen molar-refractivity contribution in [2.75, 3.05) is 0 Å². The van der Waals surface area contributed by atoms with Gasteiger partial charge in [-0.1, -0.05) is 13.2 Å². The summed E-state index contributed by atoms with van der Waals surface area (Å²) in [5.74, 6) is -0.630. The standard InChI is InChI=1S/2C7H12O2/c2*1-5(2)7(8)9-6(3)4/h2*6H,1H2,2-4H3. The van der Waals surface area contributed by atoms with Crippen molar-refractivity contribution in [3.8, 4) is 0 Å². The largest absolute Gasteiger partial charge is 0.460 e. The van der Waals surface area contributed by atoms with Crippen LogP contribution in [-0.4, -0.2) is 24.1 Å². The van der Waals surface area contributed by atoms with Crippen molar-refractivity contribution >= 4 is 11.9 Å². The minimum absolute atomic E-state index is 0.0470. The molecule has 18 heavy (non-hydrogen) atoms. The fraction of sp³-hybridized carbons (Fsp3) is 0.571. The Morgan fingerprint density at radius 1 is 0.778 bits per heavy atom. The molecule has 0 aliphatic rings. The summed E-state index contributed by atoms with van der Waals surface area (Å²) in [5, 5.41) is 0. The highest BCUT2D eigenvalue weighted by molar-refractivity contribution is 5.87. The quantitative estimate of drug-likeness (QED) is 0.573. The first-order chi connectivity index (χ1) is 8.07. The Morgan fingerprint density at radius 2 is 1.00 bits per heavy atom. The van der Waals surface area contributed by atoms with E-state index in [-0.39, 0.29) is 24.1 Å². The highest BCUT2D eigenvalue weighted by Gasteiger charge is 2.04. The summed E-state index contributed by atoms with van der Waals surface area (Å²) in [6, 6.07) is 0. The number of rotatable bonds is 4. The summed E-state index contributed by atoms with van der Waals surface area (Å²) in [4.78, 5) is 21.3. The molecule has 0 spiro atoms. The summed E-state index contributed by atoms with van der Waals surface area (Å²) in [5.41, 5.74) is 0.896. The van der Waals surface area contributed by atoms with Crippen LogP contribution in [0, 0.1) is 0 Å². The van der Waals surface area contributed by atoms with Crippen LogP contribution in [-0.2, 0) is 19.1 Å². The van der Waals surface area contributed by atoms with Crippen molar-refractivity contribution in [1.82, 2.24) is 0 Å². The molecule has 104 valence electrons. The molecule has 0 saturated carbocycles. The normalized spacial score (nSPS) is 9.33. The lowest BCUT2D eigenvalue weighted by molar-refractivity contribution is -0.143. The minimum atomic E-state index is -0.315. The molecule has 0 radical (unpaired) electrons. The average molecular weight is 256 g/mol. The predicted molar refractivity (Wildman–Crippen MR) is 72.1 cm³/mol. The van der Waals surface area contributed by atoms with Crippen LogP contribution in [0.2, 0.25) is 0 Å². The van der Waals surface area contributed by atoms with Gasteiger partial charge in [-0.2, -0.15) is 0 Å². The first kappa shape index (κ1) is 18.8. The summed E-state index contributed by atoms with van der Waals surface area (Å²) in [6.07, 6.45) is -0.0941. The van der Waals surface area contributed by atoms with Crippen LogP contribution in [0.3, 0.4) is 0 Å². The first-order valence-corrected chi connectivity index (χ1v) is 5.80. The Hall–Kier alpha value is -1.58. The van der Waals surface area contributed by atoms with Crippen LogP contribution in [0.25, 0.3) is 0 Å². The SMILES string of the molecule is C=C(C)C(=O)OC(C)C.C=C(C)C(=O)OC(C)C. The van der Waals surface area contributed by atoms with E-state index in [1.54, 1.807) is 41.5 Å². The maximum absolute atomic E-state index is 10.6. The highest BCUT2D eigenvalue weighted by Crippen LogP contribution is 1.96. The molecule has 0 saturated heterocycles. The van der Waals surface area contributed by atoms with Crippen molar-refractivity contribution < 1.29 is 19.1 Å². The molecule has 0 fully saturated rings. The second-order valence-corrected chi connectivity index (χ2v) is 4.47. The van der Waals surface area contributed by atoms with Gasteiger partial charge >= 0.3 is 11.9 Å². The van der Waals surface area contributed by atoms with Crippen LogP contribution in [0.1, 0.15) is 41.5 Å². The fourth-order valence-electron chi connectivity index (χ4n) is 0.629. The van der Waals surface area contributed by atoms with Crippen LogP contribution >= 0.6 is 0 Å². The van der Waals surface area contributed by atoms with Crippen LogP contribution in [0.4, 0.5) is 0 Å². The predicted octanol–water partition coefficient (Wildman–Crippen LogP) is 3.03. The second kappa shape index (κ2) is 9.45. The van der Waals surface area contributed by atoms with Gasteiger partial charge < -0.3 is 9.47 Å².